The Bertz CT molecular complexity index is 3010. The first kappa shape index (κ1) is 46.8. The second-order valence-electron chi connectivity index (χ2n) is 15.2. The Kier molecular flexibility index (Phi) is 14.1. The fourth-order valence-corrected chi connectivity index (χ4v) is 8.33. The molecule has 0 saturated carbocycles. The average molecular weight is 948 g/mol. The molecular formula is C54H44Cl2N4O8. The van der Waals surface area contributed by atoms with Crippen LogP contribution in [0.25, 0.3) is 33.9 Å². The molecule has 0 saturated heterocycles. The smallest absolute Gasteiger partial charge is 0.338 e. The molecule has 0 unspecified atom stereocenters. The van der Waals surface area contributed by atoms with Crippen LogP contribution < -0.4 is 0 Å². The second kappa shape index (κ2) is 20.5. The van der Waals surface area contributed by atoms with Crippen molar-refractivity contribution in [1.29, 1.82) is 0 Å². The van der Waals surface area contributed by atoms with Crippen LogP contribution in [0.15, 0.2) is 156 Å². The van der Waals surface area contributed by atoms with Gasteiger partial charge >= 0.3 is 23.9 Å². The van der Waals surface area contributed by atoms with Crippen molar-refractivity contribution in [2.45, 2.75) is 33.5 Å². The fourth-order valence-electron chi connectivity index (χ4n) is 7.85. The summed E-state index contributed by atoms with van der Waals surface area (Å²) in [5.74, 6) is -3.41. The molecule has 0 amide bonds. The van der Waals surface area contributed by atoms with Crippen molar-refractivity contribution in [3.05, 3.63) is 195 Å². The average Bonchev–Trinajstić information content (AvgIpc) is 3.96. The van der Waals surface area contributed by atoms with Crippen LogP contribution in [0.2, 0.25) is 10.0 Å². The minimum atomic E-state index is -1.82. The van der Waals surface area contributed by atoms with E-state index in [1.165, 1.54) is 0 Å². The van der Waals surface area contributed by atoms with Crippen LogP contribution in [0.5, 0.6) is 0 Å². The maximum absolute atomic E-state index is 13.0. The van der Waals surface area contributed by atoms with Crippen molar-refractivity contribution >= 4 is 58.5 Å². The minimum absolute atomic E-state index is 0.193. The lowest BCUT2D eigenvalue weighted by Gasteiger charge is -2.30. The van der Waals surface area contributed by atoms with Crippen molar-refractivity contribution in [3.8, 4) is 33.9 Å². The van der Waals surface area contributed by atoms with Gasteiger partial charge in [-0.3, -0.25) is 4.57 Å². The molecule has 68 heavy (non-hydrogen) atoms. The summed E-state index contributed by atoms with van der Waals surface area (Å²) in [6, 6.07) is 42.0. The lowest BCUT2D eigenvalue weighted by Crippen LogP contribution is -2.31. The number of ether oxygens (including phenoxy) is 4. The van der Waals surface area contributed by atoms with Crippen LogP contribution in [-0.2, 0) is 24.7 Å². The van der Waals surface area contributed by atoms with E-state index in [2.05, 4.69) is 0 Å². The Labute approximate surface area is 402 Å². The van der Waals surface area contributed by atoms with Gasteiger partial charge in [0.1, 0.15) is 5.82 Å². The third-order valence-electron chi connectivity index (χ3n) is 11.0. The highest BCUT2D eigenvalue weighted by atomic mass is 35.5. The summed E-state index contributed by atoms with van der Waals surface area (Å²) in [6.07, 6.45) is 0. The zero-order valence-electron chi connectivity index (χ0n) is 37.5. The van der Waals surface area contributed by atoms with Crippen molar-refractivity contribution in [2.75, 3.05) is 26.4 Å². The third-order valence-corrected chi connectivity index (χ3v) is 11.6. The van der Waals surface area contributed by atoms with Gasteiger partial charge in [-0.25, -0.2) is 34.1 Å². The quantitative estimate of drug-likeness (QED) is 0.0723. The summed E-state index contributed by atoms with van der Waals surface area (Å²) in [4.78, 5) is 68.3. The number of nitrogens with zero attached hydrogens (tertiary/aromatic N) is 4. The minimum Gasteiger partial charge on any atom is -0.462 e. The molecule has 0 spiro atoms. The van der Waals surface area contributed by atoms with Gasteiger partial charge in [0, 0.05) is 33.4 Å². The van der Waals surface area contributed by atoms with Crippen LogP contribution >= 0.6 is 23.2 Å². The van der Waals surface area contributed by atoms with Crippen molar-refractivity contribution in [2.24, 2.45) is 9.98 Å². The van der Waals surface area contributed by atoms with Crippen LogP contribution in [0, 0.1) is 0 Å². The molecule has 342 valence electrons. The van der Waals surface area contributed by atoms with Crippen LogP contribution in [-0.4, -0.2) is 71.3 Å². The molecule has 0 fully saturated rings. The molecule has 2 heterocycles. The number of halogens is 2. The first-order valence-corrected chi connectivity index (χ1v) is 22.7. The summed E-state index contributed by atoms with van der Waals surface area (Å²) < 4.78 is 23.1. The maximum atomic E-state index is 13.0. The van der Waals surface area contributed by atoms with Gasteiger partial charge in [-0.15, -0.1) is 0 Å². The molecule has 14 heteroatoms. The summed E-state index contributed by atoms with van der Waals surface area (Å²) in [5.41, 5.74) is 6.48. The Balaban J connectivity index is 1.51. The molecule has 12 nitrogen and oxygen atoms in total. The highest BCUT2D eigenvalue weighted by molar-refractivity contribution is 6.54. The van der Waals surface area contributed by atoms with E-state index in [0.717, 1.165) is 0 Å². The summed E-state index contributed by atoms with van der Waals surface area (Å²) >= 11 is 14.4. The number of carbonyl (C=O) groups excluding carboxylic acids is 4. The summed E-state index contributed by atoms with van der Waals surface area (Å²) in [6.45, 7) is 7.77. The zero-order valence-corrected chi connectivity index (χ0v) is 39.0. The largest absolute Gasteiger partial charge is 0.462 e. The van der Waals surface area contributed by atoms with E-state index in [1.807, 2.05) is 34.9 Å². The Morgan fingerprint density at radius 3 is 1.24 bits per heavy atom. The molecule has 8 rings (SSSR count). The standard InChI is InChI=1S/C54H44Cl2N4O8/c1-5-65-50(61)37-25-17-33(18-26-37)45-46(34-19-27-38(28-20-34)51(62)66-6-2)59-54(58-45,42-14-10-12-16-44(42)56)60-48(36-23-31-40(32-24-36)53(64)68-8-4)47(57-49(60)41-13-9-11-15-43(41)55)35-21-29-39(30-22-35)52(63)67-7-3/h9-32H,5-8H2,1-4H3. The molecule has 7 aromatic rings. The fraction of sp³-hybridized carbons (Fsp3) is 0.167. The number of aliphatic imine (C=N–C) groups is 2. The van der Waals surface area contributed by atoms with E-state index in [-0.39, 0.29) is 26.4 Å². The van der Waals surface area contributed by atoms with E-state index in [0.29, 0.717) is 94.3 Å². The van der Waals surface area contributed by atoms with Crippen LogP contribution in [0.3, 0.4) is 0 Å². The molecule has 1 aromatic heterocycles. The van der Waals surface area contributed by atoms with E-state index >= 15 is 0 Å². The van der Waals surface area contributed by atoms with E-state index < -0.39 is 29.7 Å². The van der Waals surface area contributed by atoms with Gasteiger partial charge in [0.2, 0.25) is 0 Å². The number of imidazole rings is 1. The maximum Gasteiger partial charge on any atom is 0.338 e. The molecule has 0 radical (unpaired) electrons. The number of carbonyl (C=O) groups is 4. The monoisotopic (exact) mass is 946 g/mol. The van der Waals surface area contributed by atoms with Crippen LogP contribution in [0.4, 0.5) is 0 Å². The number of hydrogen-bond donors (Lipinski definition) is 0. The van der Waals surface area contributed by atoms with Gasteiger partial charge < -0.3 is 18.9 Å². The highest BCUT2D eigenvalue weighted by Crippen LogP contribution is 2.49. The van der Waals surface area contributed by atoms with Gasteiger partial charge in [-0.2, -0.15) is 0 Å². The van der Waals surface area contributed by atoms with Crippen molar-refractivity contribution in [3.63, 3.8) is 0 Å². The van der Waals surface area contributed by atoms with Crippen molar-refractivity contribution < 1.29 is 38.1 Å². The number of aromatic nitrogens is 2. The molecule has 0 N–H and O–H groups in total. The van der Waals surface area contributed by atoms with Crippen molar-refractivity contribution in [1.82, 2.24) is 9.55 Å². The van der Waals surface area contributed by atoms with Gasteiger partial charge in [0.15, 0.2) is 0 Å². The van der Waals surface area contributed by atoms with Crippen LogP contribution in [0.1, 0.15) is 85.8 Å². The molecule has 0 aliphatic carbocycles. The SMILES string of the molecule is CCOC(=O)c1ccc(C2=NC(c3ccccc3Cl)(n3c(-c4ccccc4Cl)nc(-c4ccc(C(=O)OCC)cc4)c3-c3ccc(C(=O)OCC)cc3)N=C2c2ccc(C(=O)OCC)cc2)cc1. The Hall–Kier alpha value is -7.67. The third kappa shape index (κ3) is 9.20. The van der Waals surface area contributed by atoms with Gasteiger partial charge in [-0.05, 0) is 94.4 Å². The Morgan fingerprint density at radius 1 is 0.471 bits per heavy atom. The summed E-state index contributed by atoms with van der Waals surface area (Å²) in [5, 5.41) is 0.690. The first-order valence-electron chi connectivity index (χ1n) is 21.9. The molecule has 0 bridgehead atoms. The van der Waals surface area contributed by atoms with E-state index in [1.54, 1.807) is 143 Å². The van der Waals surface area contributed by atoms with Gasteiger partial charge in [0.05, 0.1) is 81.5 Å². The molecule has 0 atom stereocenters. The molecule has 1 aliphatic heterocycles. The highest BCUT2D eigenvalue weighted by Gasteiger charge is 2.46. The Morgan fingerprint density at radius 2 is 0.838 bits per heavy atom. The summed E-state index contributed by atoms with van der Waals surface area (Å²) in [7, 11) is 0. The predicted molar refractivity (Wildman–Crippen MR) is 262 cm³/mol. The normalized spacial score (nSPS) is 12.7. The lowest BCUT2D eigenvalue weighted by atomic mass is 9.98. The van der Waals surface area contributed by atoms with E-state index in [4.69, 9.17) is 57.1 Å². The number of benzene rings is 6. The predicted octanol–water partition coefficient (Wildman–Crippen LogP) is 11.5. The number of esters is 4. The first-order chi connectivity index (χ1) is 33.0. The topological polar surface area (TPSA) is 148 Å². The number of rotatable bonds is 15. The second-order valence-corrected chi connectivity index (χ2v) is 16.0. The molecule has 6 aromatic carbocycles. The lowest BCUT2D eigenvalue weighted by molar-refractivity contribution is 0.0516. The van der Waals surface area contributed by atoms with E-state index in [9.17, 15) is 19.2 Å². The number of hydrogen-bond acceptors (Lipinski definition) is 11. The van der Waals surface area contributed by atoms with Gasteiger partial charge in [0.25, 0.3) is 5.79 Å². The van der Waals surface area contributed by atoms with Gasteiger partial charge in [-0.1, -0.05) is 102 Å². The zero-order chi connectivity index (χ0) is 48.0. The molecule has 1 aliphatic rings. The molecular weight excluding hydrogens is 904 g/mol.